The van der Waals surface area contributed by atoms with E-state index in [-0.39, 0.29) is 25.9 Å². The molecule has 2 rings (SSSR count). The van der Waals surface area contributed by atoms with Crippen LogP contribution in [0.2, 0.25) is 0 Å². The lowest BCUT2D eigenvalue weighted by atomic mass is 9.94. The standard InChI is InChI=1S/C17H22N2O5/c1-2-8-18(9-7-15(20)21)17(24)19-11-13-6-4-3-5-12(13)10-14(19)16(22)23/h3-6,14H,2,7-11H2,1H3,(H,20,21)(H,22,23). The zero-order valence-corrected chi connectivity index (χ0v) is 13.6. The third kappa shape index (κ3) is 4.04. The van der Waals surface area contributed by atoms with Gasteiger partial charge < -0.3 is 20.0 Å². The molecule has 1 heterocycles. The molecule has 1 unspecified atom stereocenters. The number of carboxylic acids is 2. The van der Waals surface area contributed by atoms with Crippen LogP contribution in [0.15, 0.2) is 24.3 Å². The molecule has 0 aromatic heterocycles. The predicted molar refractivity (Wildman–Crippen MR) is 86.6 cm³/mol. The number of hydrogen-bond acceptors (Lipinski definition) is 3. The lowest BCUT2D eigenvalue weighted by Gasteiger charge is -2.37. The number of carbonyl (C=O) groups is 3. The Morgan fingerprint density at radius 3 is 2.42 bits per heavy atom. The van der Waals surface area contributed by atoms with Crippen LogP contribution in [-0.4, -0.2) is 57.1 Å². The largest absolute Gasteiger partial charge is 0.481 e. The number of carbonyl (C=O) groups excluding carboxylic acids is 1. The summed E-state index contributed by atoms with van der Waals surface area (Å²) in [6.07, 6.45) is 0.775. The van der Waals surface area contributed by atoms with E-state index in [2.05, 4.69) is 0 Å². The van der Waals surface area contributed by atoms with Gasteiger partial charge in [-0.3, -0.25) is 4.79 Å². The minimum atomic E-state index is -1.05. The van der Waals surface area contributed by atoms with Crippen LogP contribution in [0.25, 0.3) is 0 Å². The number of carboxylic acid groups (broad SMARTS) is 2. The van der Waals surface area contributed by atoms with Crippen molar-refractivity contribution < 1.29 is 24.6 Å². The molecule has 7 heteroatoms. The van der Waals surface area contributed by atoms with Crippen molar-refractivity contribution in [3.05, 3.63) is 35.4 Å². The van der Waals surface area contributed by atoms with Gasteiger partial charge >= 0.3 is 18.0 Å². The molecule has 0 aliphatic carbocycles. The maximum Gasteiger partial charge on any atom is 0.326 e. The maximum atomic E-state index is 12.8. The lowest BCUT2D eigenvalue weighted by Crippen LogP contribution is -2.53. The molecule has 0 saturated heterocycles. The van der Waals surface area contributed by atoms with Gasteiger partial charge in [-0.1, -0.05) is 31.2 Å². The van der Waals surface area contributed by atoms with Crippen LogP contribution >= 0.6 is 0 Å². The topological polar surface area (TPSA) is 98.2 Å². The smallest absolute Gasteiger partial charge is 0.326 e. The fourth-order valence-corrected chi connectivity index (χ4v) is 2.93. The minimum Gasteiger partial charge on any atom is -0.481 e. The highest BCUT2D eigenvalue weighted by atomic mass is 16.4. The van der Waals surface area contributed by atoms with Crippen molar-refractivity contribution in [2.45, 2.75) is 38.8 Å². The Hall–Kier alpha value is -2.57. The number of fused-ring (bicyclic) bond motifs is 1. The van der Waals surface area contributed by atoms with E-state index < -0.39 is 24.0 Å². The van der Waals surface area contributed by atoms with Crippen LogP contribution in [0.4, 0.5) is 4.79 Å². The minimum absolute atomic E-state index is 0.0759. The van der Waals surface area contributed by atoms with Gasteiger partial charge in [0.2, 0.25) is 0 Å². The van der Waals surface area contributed by atoms with Crippen LogP contribution in [0.3, 0.4) is 0 Å². The van der Waals surface area contributed by atoms with Gasteiger partial charge in [-0.2, -0.15) is 0 Å². The monoisotopic (exact) mass is 334 g/mol. The molecule has 0 fully saturated rings. The number of hydrogen-bond donors (Lipinski definition) is 2. The molecule has 1 aromatic rings. The summed E-state index contributed by atoms with van der Waals surface area (Å²) in [5.74, 6) is -2.03. The molecule has 1 aliphatic rings. The van der Waals surface area contributed by atoms with Crippen molar-refractivity contribution in [3.8, 4) is 0 Å². The van der Waals surface area contributed by atoms with Crippen LogP contribution in [-0.2, 0) is 22.6 Å². The molecule has 24 heavy (non-hydrogen) atoms. The Morgan fingerprint density at radius 1 is 1.17 bits per heavy atom. The van der Waals surface area contributed by atoms with Crippen molar-refractivity contribution in [2.75, 3.05) is 13.1 Å². The van der Waals surface area contributed by atoms with E-state index in [4.69, 9.17) is 5.11 Å². The summed E-state index contributed by atoms with van der Waals surface area (Å²) in [7, 11) is 0. The molecular weight excluding hydrogens is 312 g/mol. The molecule has 130 valence electrons. The molecule has 7 nitrogen and oxygen atoms in total. The molecule has 2 N–H and O–H groups in total. The zero-order chi connectivity index (χ0) is 17.7. The molecule has 0 saturated carbocycles. The van der Waals surface area contributed by atoms with Gasteiger partial charge in [0.25, 0.3) is 0 Å². The van der Waals surface area contributed by atoms with Crippen LogP contribution in [0, 0.1) is 0 Å². The van der Waals surface area contributed by atoms with Gasteiger partial charge in [0, 0.05) is 26.1 Å². The molecule has 1 atom stereocenters. The Kier molecular flexibility index (Phi) is 5.78. The number of amides is 2. The lowest BCUT2D eigenvalue weighted by molar-refractivity contribution is -0.143. The highest BCUT2D eigenvalue weighted by molar-refractivity contribution is 5.84. The second kappa shape index (κ2) is 7.81. The Labute approximate surface area is 140 Å². The van der Waals surface area contributed by atoms with Gasteiger partial charge in [-0.25, -0.2) is 9.59 Å². The summed E-state index contributed by atoms with van der Waals surface area (Å²) in [6, 6.07) is 6.12. The first-order valence-corrected chi connectivity index (χ1v) is 8.01. The van der Waals surface area contributed by atoms with E-state index in [1.807, 2.05) is 31.2 Å². The van der Waals surface area contributed by atoms with E-state index >= 15 is 0 Å². The molecule has 1 aliphatic heterocycles. The molecule has 0 radical (unpaired) electrons. The number of aliphatic carboxylic acids is 2. The van der Waals surface area contributed by atoms with Gasteiger partial charge in [0.05, 0.1) is 6.42 Å². The Bertz CT molecular complexity index is 631. The first-order chi connectivity index (χ1) is 11.4. The van der Waals surface area contributed by atoms with Crippen LogP contribution in [0.1, 0.15) is 30.9 Å². The molecule has 1 aromatic carbocycles. The average Bonchev–Trinajstić information content (AvgIpc) is 2.56. The number of urea groups is 1. The highest BCUT2D eigenvalue weighted by Crippen LogP contribution is 2.24. The van der Waals surface area contributed by atoms with Crippen molar-refractivity contribution in [1.29, 1.82) is 0 Å². The summed E-state index contributed by atoms with van der Waals surface area (Å²) in [4.78, 5) is 38.0. The summed E-state index contributed by atoms with van der Waals surface area (Å²) < 4.78 is 0. The zero-order valence-electron chi connectivity index (χ0n) is 13.6. The summed E-state index contributed by atoms with van der Waals surface area (Å²) in [5, 5.41) is 18.4. The number of benzene rings is 1. The molecule has 0 bridgehead atoms. The fourth-order valence-electron chi connectivity index (χ4n) is 2.93. The van der Waals surface area contributed by atoms with Crippen molar-refractivity contribution in [1.82, 2.24) is 9.80 Å². The molecular formula is C17H22N2O5. The Balaban J connectivity index is 2.23. The predicted octanol–water partition coefficient (Wildman–Crippen LogP) is 1.80. The van der Waals surface area contributed by atoms with Gasteiger partial charge in [0.1, 0.15) is 6.04 Å². The third-order valence-corrected chi connectivity index (χ3v) is 4.14. The number of rotatable bonds is 6. The molecule has 2 amide bonds. The van der Waals surface area contributed by atoms with E-state index in [0.29, 0.717) is 13.0 Å². The molecule has 0 spiro atoms. The third-order valence-electron chi connectivity index (χ3n) is 4.14. The second-order valence-corrected chi connectivity index (χ2v) is 5.87. The number of nitrogens with zero attached hydrogens (tertiary/aromatic N) is 2. The fraction of sp³-hybridized carbons (Fsp3) is 0.471. The van der Waals surface area contributed by atoms with Crippen LogP contribution < -0.4 is 0 Å². The van der Waals surface area contributed by atoms with Crippen molar-refractivity contribution in [3.63, 3.8) is 0 Å². The Morgan fingerprint density at radius 2 is 1.83 bits per heavy atom. The first kappa shape index (κ1) is 17.8. The van der Waals surface area contributed by atoms with Crippen molar-refractivity contribution in [2.24, 2.45) is 0 Å². The van der Waals surface area contributed by atoms with Crippen molar-refractivity contribution >= 4 is 18.0 Å². The van der Waals surface area contributed by atoms with Gasteiger partial charge in [-0.15, -0.1) is 0 Å². The highest BCUT2D eigenvalue weighted by Gasteiger charge is 2.36. The first-order valence-electron chi connectivity index (χ1n) is 8.01. The van der Waals surface area contributed by atoms with E-state index in [1.165, 1.54) is 9.80 Å². The van der Waals surface area contributed by atoms with E-state index in [9.17, 15) is 19.5 Å². The van der Waals surface area contributed by atoms with Crippen LogP contribution in [0.5, 0.6) is 0 Å². The summed E-state index contributed by atoms with van der Waals surface area (Å²) in [6.45, 7) is 2.59. The van der Waals surface area contributed by atoms with E-state index in [0.717, 1.165) is 11.1 Å². The SMILES string of the molecule is CCCN(CCC(=O)O)C(=O)N1Cc2ccccc2CC1C(=O)O. The maximum absolute atomic E-state index is 12.8. The van der Waals surface area contributed by atoms with Gasteiger partial charge in [0.15, 0.2) is 0 Å². The average molecular weight is 334 g/mol. The summed E-state index contributed by atoms with van der Waals surface area (Å²) >= 11 is 0. The summed E-state index contributed by atoms with van der Waals surface area (Å²) in [5.41, 5.74) is 1.86. The van der Waals surface area contributed by atoms with Gasteiger partial charge in [-0.05, 0) is 17.5 Å². The quantitative estimate of drug-likeness (QED) is 0.827. The second-order valence-electron chi connectivity index (χ2n) is 5.87. The normalized spacial score (nSPS) is 16.4. The van der Waals surface area contributed by atoms with E-state index in [1.54, 1.807) is 0 Å².